The molecule has 0 saturated carbocycles. The number of carbonyl (C=O) groups is 1. The predicted molar refractivity (Wildman–Crippen MR) is 122 cm³/mol. The Labute approximate surface area is 187 Å². The fourth-order valence-electron chi connectivity index (χ4n) is 3.45. The van der Waals surface area contributed by atoms with Crippen molar-refractivity contribution in [1.82, 2.24) is 4.31 Å². The highest BCUT2D eigenvalue weighted by molar-refractivity contribution is 7.89. The van der Waals surface area contributed by atoms with Gasteiger partial charge in [-0.2, -0.15) is 4.31 Å². The van der Waals surface area contributed by atoms with E-state index in [1.165, 1.54) is 28.6 Å². The molecule has 0 fully saturated rings. The van der Waals surface area contributed by atoms with Crippen molar-refractivity contribution < 1.29 is 22.4 Å². The van der Waals surface area contributed by atoms with Crippen LogP contribution < -0.4 is 10.2 Å². The average Bonchev–Trinajstić information content (AvgIpc) is 3.25. The average molecular weight is 463 g/mol. The van der Waals surface area contributed by atoms with Crippen LogP contribution in [0.25, 0.3) is 0 Å². The first-order chi connectivity index (χ1) is 15.2. The summed E-state index contributed by atoms with van der Waals surface area (Å²) in [6, 6.07) is 10.5. The lowest BCUT2D eigenvalue weighted by Gasteiger charge is -2.22. The summed E-state index contributed by atoms with van der Waals surface area (Å²) in [5.74, 6) is -0.874. The Balaban J connectivity index is 1.82. The lowest BCUT2D eigenvalue weighted by molar-refractivity contribution is -0.125. The van der Waals surface area contributed by atoms with Crippen LogP contribution in [0.15, 0.2) is 52.5 Å². The summed E-state index contributed by atoms with van der Waals surface area (Å²) in [4.78, 5) is 20.0. The van der Waals surface area contributed by atoms with Gasteiger partial charge in [-0.15, -0.1) is 0 Å². The van der Waals surface area contributed by atoms with E-state index in [1.54, 1.807) is 51.0 Å². The number of hydrogen-bond acceptors (Lipinski definition) is 6. The Kier molecular flexibility index (Phi) is 7.15. The highest BCUT2D eigenvalue weighted by Gasteiger charge is 2.30. The van der Waals surface area contributed by atoms with Crippen LogP contribution in [0.2, 0.25) is 0 Å². The highest BCUT2D eigenvalue weighted by atomic mass is 32.2. The molecule has 2 aromatic rings. The van der Waals surface area contributed by atoms with E-state index >= 15 is 0 Å². The minimum Gasteiger partial charge on any atom is -0.382 e. The van der Waals surface area contributed by atoms with E-state index in [9.17, 15) is 17.6 Å². The molecule has 32 heavy (non-hydrogen) atoms. The van der Waals surface area contributed by atoms with Crippen molar-refractivity contribution in [2.24, 2.45) is 5.16 Å². The smallest absolute Gasteiger partial charge is 0.268 e. The second-order valence-corrected chi connectivity index (χ2v) is 9.44. The van der Waals surface area contributed by atoms with E-state index in [1.807, 2.05) is 0 Å². The molecule has 1 aliphatic heterocycles. The summed E-state index contributed by atoms with van der Waals surface area (Å²) < 4.78 is 40.7. The summed E-state index contributed by atoms with van der Waals surface area (Å²) in [6.45, 7) is 4.22. The number of carbonyl (C=O) groups excluding carboxylic acids is 1. The van der Waals surface area contributed by atoms with Crippen LogP contribution in [-0.2, 0) is 19.7 Å². The van der Waals surface area contributed by atoms with Crippen molar-refractivity contribution in [1.29, 1.82) is 0 Å². The van der Waals surface area contributed by atoms with Crippen LogP contribution in [0.4, 0.5) is 15.8 Å². The number of nitrogens with one attached hydrogen (secondary N) is 1. The Morgan fingerprint density at radius 2 is 1.91 bits per heavy atom. The molecular formula is C22H27FN4O4S. The number of oxime groups is 1. The van der Waals surface area contributed by atoms with Crippen LogP contribution in [0.1, 0.15) is 25.8 Å². The summed E-state index contributed by atoms with van der Waals surface area (Å²) >= 11 is 0. The third-order valence-electron chi connectivity index (χ3n) is 5.17. The summed E-state index contributed by atoms with van der Waals surface area (Å²) in [7, 11) is -0.111. The van der Waals surface area contributed by atoms with Crippen molar-refractivity contribution >= 4 is 33.0 Å². The first-order valence-corrected chi connectivity index (χ1v) is 11.7. The molecule has 3 rings (SSSR count). The van der Waals surface area contributed by atoms with Crippen molar-refractivity contribution in [3.05, 3.63) is 53.8 Å². The number of nitrogens with zero attached hydrogens (tertiary/aromatic N) is 3. The second kappa shape index (κ2) is 9.66. The standard InChI is InChI=1S/C22H27FN4O4S/c1-5-27(6-2)32(29,30)17-10-11-20(26(3)4)19(13-17)24-22(28)21-14-18(25-31-21)15-8-7-9-16(23)12-15/h7-13,21H,5-6,14H2,1-4H3,(H,24,28). The summed E-state index contributed by atoms with van der Waals surface area (Å²) in [5.41, 5.74) is 1.99. The molecule has 0 spiro atoms. The summed E-state index contributed by atoms with van der Waals surface area (Å²) in [5, 5.41) is 6.70. The Bertz CT molecular complexity index is 1130. The van der Waals surface area contributed by atoms with Crippen molar-refractivity contribution in [3.8, 4) is 0 Å². The molecule has 0 aromatic heterocycles. The number of anilines is 2. The fourth-order valence-corrected chi connectivity index (χ4v) is 4.93. The van der Waals surface area contributed by atoms with Gasteiger partial charge in [-0.1, -0.05) is 31.1 Å². The minimum absolute atomic E-state index is 0.0890. The number of amides is 1. The first kappa shape index (κ1) is 23.7. The van der Waals surface area contributed by atoms with Crippen molar-refractivity contribution in [3.63, 3.8) is 0 Å². The van der Waals surface area contributed by atoms with Gasteiger partial charge in [-0.3, -0.25) is 4.79 Å². The molecule has 2 aromatic carbocycles. The maximum absolute atomic E-state index is 13.5. The third-order valence-corrected chi connectivity index (χ3v) is 7.22. The topological polar surface area (TPSA) is 91.3 Å². The number of halogens is 1. The van der Waals surface area contributed by atoms with Crippen LogP contribution >= 0.6 is 0 Å². The molecular weight excluding hydrogens is 435 g/mol. The number of benzene rings is 2. The lowest BCUT2D eigenvalue weighted by atomic mass is 10.0. The van der Waals surface area contributed by atoms with Crippen molar-refractivity contribution in [2.75, 3.05) is 37.4 Å². The van der Waals surface area contributed by atoms with Crippen molar-refractivity contribution in [2.45, 2.75) is 31.3 Å². The molecule has 1 amide bonds. The van der Waals surface area contributed by atoms with Gasteiger partial charge in [0, 0.05) is 39.2 Å². The van der Waals surface area contributed by atoms with Gasteiger partial charge in [0.05, 0.1) is 22.0 Å². The van der Waals surface area contributed by atoms with Gasteiger partial charge >= 0.3 is 0 Å². The number of hydrogen-bond donors (Lipinski definition) is 1. The normalized spacial score (nSPS) is 15.9. The predicted octanol–water partition coefficient (Wildman–Crippen LogP) is 3.05. The van der Waals surface area contributed by atoms with E-state index in [2.05, 4.69) is 10.5 Å². The molecule has 1 atom stereocenters. The zero-order valence-corrected chi connectivity index (χ0v) is 19.3. The molecule has 8 nitrogen and oxygen atoms in total. The molecule has 1 unspecified atom stereocenters. The minimum atomic E-state index is -3.70. The number of sulfonamides is 1. The van der Waals surface area contributed by atoms with E-state index in [0.717, 1.165) is 0 Å². The van der Waals surface area contributed by atoms with Crippen LogP contribution in [0.5, 0.6) is 0 Å². The van der Waals surface area contributed by atoms with Gasteiger partial charge in [0.1, 0.15) is 5.82 Å². The van der Waals surface area contributed by atoms with Crippen LogP contribution in [0, 0.1) is 5.82 Å². The fraction of sp³-hybridized carbons (Fsp3) is 0.364. The lowest BCUT2D eigenvalue weighted by Crippen LogP contribution is -2.31. The molecule has 0 saturated heterocycles. The van der Waals surface area contributed by atoms with Gasteiger partial charge in [0.15, 0.2) is 0 Å². The molecule has 172 valence electrons. The van der Waals surface area contributed by atoms with Gasteiger partial charge < -0.3 is 15.1 Å². The van der Waals surface area contributed by atoms with Gasteiger partial charge in [-0.25, -0.2) is 12.8 Å². The third kappa shape index (κ3) is 4.91. The molecule has 1 N–H and O–H groups in total. The SMILES string of the molecule is CCN(CC)S(=O)(=O)c1ccc(N(C)C)c(NC(=O)C2CC(c3cccc(F)c3)=NO2)c1. The molecule has 0 bridgehead atoms. The van der Waals surface area contributed by atoms with E-state index in [4.69, 9.17) is 4.84 Å². The second-order valence-electron chi connectivity index (χ2n) is 7.50. The van der Waals surface area contributed by atoms with Gasteiger partial charge in [-0.05, 0) is 30.3 Å². The van der Waals surface area contributed by atoms with Gasteiger partial charge in [0.2, 0.25) is 16.1 Å². The molecule has 0 aliphatic carbocycles. The maximum atomic E-state index is 13.5. The van der Waals surface area contributed by atoms with E-state index in [-0.39, 0.29) is 11.3 Å². The zero-order valence-electron chi connectivity index (χ0n) is 18.5. The molecule has 1 heterocycles. The molecule has 0 radical (unpaired) electrons. The number of rotatable bonds is 8. The first-order valence-electron chi connectivity index (χ1n) is 10.3. The van der Waals surface area contributed by atoms with Crippen LogP contribution in [-0.4, -0.2) is 57.6 Å². The summed E-state index contributed by atoms with van der Waals surface area (Å²) in [6.07, 6.45) is -0.740. The maximum Gasteiger partial charge on any atom is 0.268 e. The molecule has 10 heteroatoms. The van der Waals surface area contributed by atoms with E-state index < -0.39 is 27.9 Å². The Hall–Kier alpha value is -2.98. The van der Waals surface area contributed by atoms with Gasteiger partial charge in [0.25, 0.3) is 5.91 Å². The highest BCUT2D eigenvalue weighted by Crippen LogP contribution is 2.30. The zero-order chi connectivity index (χ0) is 23.5. The van der Waals surface area contributed by atoms with E-state index in [0.29, 0.717) is 35.7 Å². The quantitative estimate of drug-likeness (QED) is 0.651. The largest absolute Gasteiger partial charge is 0.382 e. The Morgan fingerprint density at radius 1 is 1.19 bits per heavy atom. The Morgan fingerprint density at radius 3 is 2.53 bits per heavy atom. The van der Waals surface area contributed by atoms with Crippen LogP contribution in [0.3, 0.4) is 0 Å². The monoisotopic (exact) mass is 462 g/mol. The molecule has 1 aliphatic rings.